The lowest BCUT2D eigenvalue weighted by atomic mass is 9.75. The van der Waals surface area contributed by atoms with Crippen molar-refractivity contribution in [1.29, 1.82) is 0 Å². The third kappa shape index (κ3) is 3.19. The summed E-state index contributed by atoms with van der Waals surface area (Å²) in [4.78, 5) is 0. The van der Waals surface area contributed by atoms with Crippen LogP contribution in [-0.4, -0.2) is 24.9 Å². The summed E-state index contributed by atoms with van der Waals surface area (Å²) in [6, 6.07) is 1.75. The number of hydrogen-bond donors (Lipinski definition) is 0. The van der Waals surface area contributed by atoms with Crippen LogP contribution in [0, 0.1) is 5.82 Å². The number of rotatable bonds is 3. The minimum Gasteiger partial charge on any atom is -0.491 e. The second-order valence-corrected chi connectivity index (χ2v) is 6.36. The van der Waals surface area contributed by atoms with Gasteiger partial charge in [0, 0.05) is 5.46 Å². The summed E-state index contributed by atoms with van der Waals surface area (Å²) in [5.41, 5.74) is -3.57. The monoisotopic (exact) mass is 334 g/mol. The Balaban J connectivity index is 2.58. The van der Waals surface area contributed by atoms with Crippen LogP contribution >= 0.6 is 0 Å². The summed E-state index contributed by atoms with van der Waals surface area (Å²) < 4.78 is 70.6. The first-order chi connectivity index (χ1) is 10.4. The fourth-order valence-electron chi connectivity index (χ4n) is 2.28. The van der Waals surface area contributed by atoms with Gasteiger partial charge in [0.05, 0.1) is 23.4 Å². The van der Waals surface area contributed by atoms with Crippen LogP contribution in [0.4, 0.5) is 17.6 Å². The molecule has 0 unspecified atom stereocenters. The molecule has 0 N–H and O–H groups in total. The van der Waals surface area contributed by atoms with Gasteiger partial charge in [-0.25, -0.2) is 4.39 Å². The van der Waals surface area contributed by atoms with Gasteiger partial charge in [-0.15, -0.1) is 0 Å². The Hall–Kier alpha value is -1.28. The van der Waals surface area contributed by atoms with E-state index in [1.54, 1.807) is 34.6 Å². The predicted octanol–water partition coefficient (Wildman–Crippen LogP) is 3.54. The van der Waals surface area contributed by atoms with Crippen molar-refractivity contribution >= 4 is 12.6 Å². The van der Waals surface area contributed by atoms with E-state index >= 15 is 0 Å². The Bertz CT molecular complexity index is 583. The Morgan fingerprint density at radius 1 is 1.09 bits per heavy atom. The molecule has 1 heterocycles. The van der Waals surface area contributed by atoms with Crippen molar-refractivity contribution in [3.63, 3.8) is 0 Å². The molecule has 0 radical (unpaired) electrons. The first-order valence-corrected chi connectivity index (χ1v) is 7.28. The molecule has 0 bridgehead atoms. The molecule has 8 heteroatoms. The second-order valence-electron chi connectivity index (χ2n) is 6.36. The van der Waals surface area contributed by atoms with Gasteiger partial charge in [-0.3, -0.25) is 0 Å². The third-order valence-electron chi connectivity index (χ3n) is 4.24. The van der Waals surface area contributed by atoms with Crippen molar-refractivity contribution in [1.82, 2.24) is 0 Å². The van der Waals surface area contributed by atoms with E-state index in [1.165, 1.54) is 0 Å². The molecule has 0 aliphatic carbocycles. The van der Waals surface area contributed by atoms with Gasteiger partial charge < -0.3 is 14.0 Å². The Kier molecular flexibility index (Phi) is 4.45. The molecule has 128 valence electrons. The minimum absolute atomic E-state index is 0.130. The Labute approximate surface area is 133 Å². The molecule has 0 amide bonds. The molecule has 1 saturated heterocycles. The van der Waals surface area contributed by atoms with Crippen LogP contribution in [0.2, 0.25) is 0 Å². The van der Waals surface area contributed by atoms with Gasteiger partial charge in [0.1, 0.15) is 0 Å². The highest BCUT2D eigenvalue weighted by Crippen LogP contribution is 2.39. The lowest BCUT2D eigenvalue weighted by Crippen LogP contribution is -2.41. The van der Waals surface area contributed by atoms with Gasteiger partial charge in [0.15, 0.2) is 11.6 Å². The Morgan fingerprint density at radius 3 is 2.04 bits per heavy atom. The number of alkyl halides is 3. The molecule has 0 aromatic heterocycles. The van der Waals surface area contributed by atoms with E-state index in [0.717, 1.165) is 12.1 Å². The van der Waals surface area contributed by atoms with Crippen LogP contribution < -0.4 is 10.2 Å². The molecule has 1 fully saturated rings. The van der Waals surface area contributed by atoms with E-state index in [-0.39, 0.29) is 12.4 Å². The molecule has 1 aliphatic heterocycles. The van der Waals surface area contributed by atoms with Crippen LogP contribution in [0.25, 0.3) is 0 Å². The van der Waals surface area contributed by atoms with Crippen LogP contribution in [-0.2, 0) is 15.5 Å². The molecule has 1 aromatic carbocycles. The molecule has 1 aromatic rings. The molecule has 2 rings (SSSR count). The normalized spacial score (nSPS) is 20.0. The van der Waals surface area contributed by atoms with E-state index in [0.29, 0.717) is 0 Å². The molecular formula is C15H19BF4O3. The summed E-state index contributed by atoms with van der Waals surface area (Å²) >= 11 is 0. The molecule has 23 heavy (non-hydrogen) atoms. The quantitative estimate of drug-likeness (QED) is 0.625. The van der Waals surface area contributed by atoms with Crippen molar-refractivity contribution in [2.75, 3.05) is 6.61 Å². The maximum Gasteiger partial charge on any atom is 0.498 e. The fraction of sp³-hybridized carbons (Fsp3) is 0.600. The standard InChI is InChI=1S/C15H19BF4O3/c1-6-21-10-8-7-9(15(18,19)20)11(12(10)17)16-22-13(2,3)14(4,5)23-16/h7-8H,6H2,1-5H3. The van der Waals surface area contributed by atoms with Gasteiger partial charge in [-0.05, 0) is 46.8 Å². The van der Waals surface area contributed by atoms with Gasteiger partial charge in [0.2, 0.25) is 0 Å². The van der Waals surface area contributed by atoms with E-state index in [4.69, 9.17) is 14.0 Å². The molecule has 0 saturated carbocycles. The minimum atomic E-state index is -4.73. The second kappa shape index (κ2) is 5.67. The van der Waals surface area contributed by atoms with Gasteiger partial charge in [-0.1, -0.05) is 0 Å². The van der Waals surface area contributed by atoms with Gasteiger partial charge >= 0.3 is 13.3 Å². The first-order valence-electron chi connectivity index (χ1n) is 7.28. The van der Waals surface area contributed by atoms with Crippen LogP contribution in [0.15, 0.2) is 12.1 Å². The fourth-order valence-corrected chi connectivity index (χ4v) is 2.28. The van der Waals surface area contributed by atoms with E-state index < -0.39 is 41.3 Å². The molecule has 0 atom stereocenters. The van der Waals surface area contributed by atoms with Crippen molar-refractivity contribution < 1.29 is 31.6 Å². The van der Waals surface area contributed by atoms with E-state index in [9.17, 15) is 17.6 Å². The smallest absolute Gasteiger partial charge is 0.491 e. The van der Waals surface area contributed by atoms with Crippen molar-refractivity contribution in [2.45, 2.75) is 52.0 Å². The molecule has 1 aliphatic rings. The number of benzene rings is 1. The summed E-state index contributed by atoms with van der Waals surface area (Å²) in [6.07, 6.45) is -4.73. The summed E-state index contributed by atoms with van der Waals surface area (Å²) in [5.74, 6) is -1.37. The Morgan fingerprint density at radius 2 is 1.61 bits per heavy atom. The zero-order chi connectivity index (χ0) is 17.6. The maximum absolute atomic E-state index is 14.6. The number of halogens is 4. The first kappa shape index (κ1) is 18.1. The maximum atomic E-state index is 14.6. The van der Waals surface area contributed by atoms with Crippen LogP contribution in [0.1, 0.15) is 40.2 Å². The van der Waals surface area contributed by atoms with Crippen LogP contribution in [0.5, 0.6) is 5.75 Å². The predicted molar refractivity (Wildman–Crippen MR) is 78.3 cm³/mol. The van der Waals surface area contributed by atoms with E-state index in [2.05, 4.69) is 0 Å². The zero-order valence-corrected chi connectivity index (χ0v) is 13.7. The third-order valence-corrected chi connectivity index (χ3v) is 4.24. The summed E-state index contributed by atoms with van der Waals surface area (Å²) in [7, 11) is -1.46. The largest absolute Gasteiger partial charge is 0.498 e. The average Bonchev–Trinajstić information content (AvgIpc) is 2.59. The number of ether oxygens (including phenoxy) is 1. The molecular weight excluding hydrogens is 315 g/mol. The average molecular weight is 334 g/mol. The lowest BCUT2D eigenvalue weighted by molar-refractivity contribution is -0.137. The highest BCUT2D eigenvalue weighted by molar-refractivity contribution is 6.62. The highest BCUT2D eigenvalue weighted by Gasteiger charge is 2.55. The zero-order valence-electron chi connectivity index (χ0n) is 13.7. The van der Waals surface area contributed by atoms with Crippen LogP contribution in [0.3, 0.4) is 0 Å². The summed E-state index contributed by atoms with van der Waals surface area (Å²) in [5, 5.41) is 0. The molecule has 3 nitrogen and oxygen atoms in total. The van der Waals surface area contributed by atoms with Gasteiger partial charge in [0.25, 0.3) is 0 Å². The number of hydrogen-bond acceptors (Lipinski definition) is 3. The van der Waals surface area contributed by atoms with Crippen molar-refractivity contribution in [3.8, 4) is 5.75 Å². The topological polar surface area (TPSA) is 27.7 Å². The lowest BCUT2D eigenvalue weighted by Gasteiger charge is -2.32. The SMILES string of the molecule is CCOc1ccc(C(F)(F)F)c(B2OC(C)(C)C(C)(C)O2)c1F. The van der Waals surface area contributed by atoms with Gasteiger partial charge in [-0.2, -0.15) is 13.2 Å². The van der Waals surface area contributed by atoms with E-state index in [1.807, 2.05) is 0 Å². The van der Waals surface area contributed by atoms with Crippen molar-refractivity contribution in [3.05, 3.63) is 23.5 Å². The molecule has 0 spiro atoms. The van der Waals surface area contributed by atoms with Crippen molar-refractivity contribution in [2.24, 2.45) is 0 Å². The highest BCUT2D eigenvalue weighted by atomic mass is 19.4. The summed E-state index contributed by atoms with van der Waals surface area (Å²) in [6.45, 7) is 8.49.